The van der Waals surface area contributed by atoms with Crippen LogP contribution in [0.5, 0.6) is 5.88 Å². The van der Waals surface area contributed by atoms with Crippen molar-refractivity contribution in [2.24, 2.45) is 4.99 Å². The van der Waals surface area contributed by atoms with Gasteiger partial charge in [0.05, 0.1) is 17.9 Å². The number of rotatable bonds is 5. The summed E-state index contributed by atoms with van der Waals surface area (Å²) < 4.78 is 6.00. The van der Waals surface area contributed by atoms with Crippen LogP contribution < -0.4 is 11.2 Å². The van der Waals surface area contributed by atoms with Crippen LogP contribution in [-0.4, -0.2) is 33.4 Å². The Morgan fingerprint density at radius 1 is 1.26 bits per heavy atom. The van der Waals surface area contributed by atoms with Crippen molar-refractivity contribution in [2.45, 2.75) is 13.8 Å². The van der Waals surface area contributed by atoms with E-state index in [1.54, 1.807) is 38.1 Å². The normalized spacial score (nSPS) is 11.1. The van der Waals surface area contributed by atoms with Crippen LogP contribution in [0.4, 0.5) is 5.00 Å². The first-order valence-corrected chi connectivity index (χ1v) is 11.0. The van der Waals surface area contributed by atoms with E-state index in [1.807, 2.05) is 24.3 Å². The summed E-state index contributed by atoms with van der Waals surface area (Å²) in [6.07, 6.45) is 1.07. The van der Waals surface area contributed by atoms with Crippen LogP contribution in [0, 0.1) is 18.3 Å². The van der Waals surface area contributed by atoms with Crippen molar-refractivity contribution >= 4 is 39.3 Å². The molecule has 0 atom stereocenters. The van der Waals surface area contributed by atoms with Gasteiger partial charge in [-0.25, -0.2) is 19.1 Å². The second kappa shape index (κ2) is 9.17. The monoisotopic (exact) mass is 474 g/mol. The third-order valence-corrected chi connectivity index (χ3v) is 6.32. The average Bonchev–Trinajstić information content (AvgIpc) is 3.14. The van der Waals surface area contributed by atoms with E-state index in [4.69, 9.17) is 4.74 Å². The Labute approximate surface area is 196 Å². The van der Waals surface area contributed by atoms with E-state index in [0.717, 1.165) is 27.5 Å². The Balaban J connectivity index is 1.86. The maximum Gasteiger partial charge on any atom is 0.348 e. The van der Waals surface area contributed by atoms with Crippen LogP contribution >= 0.6 is 11.3 Å². The van der Waals surface area contributed by atoms with E-state index in [9.17, 15) is 24.8 Å². The lowest BCUT2D eigenvalue weighted by atomic mass is 10.1. The number of aliphatic imine (C=N–C) groups is 1. The standard InChI is InChI=1S/C24H18N4O5S/c1-3-33-23(31)19-13(2)16(11-25)21(34-19)26-12-17-20(29)27-24(32)28(22(17)30)18-10-6-8-14-7-4-5-9-15(14)18/h4-10,12,30H,3H2,1-2H3,(H,27,29,32). The molecule has 4 rings (SSSR count). The van der Waals surface area contributed by atoms with Crippen LogP contribution in [0.15, 0.2) is 57.0 Å². The Morgan fingerprint density at radius 2 is 2.00 bits per heavy atom. The van der Waals surface area contributed by atoms with Crippen molar-refractivity contribution in [1.82, 2.24) is 9.55 Å². The minimum atomic E-state index is -0.847. The first-order valence-electron chi connectivity index (χ1n) is 10.2. The molecule has 2 aromatic carbocycles. The first-order chi connectivity index (χ1) is 16.4. The fourth-order valence-corrected chi connectivity index (χ4v) is 4.51. The molecule has 0 aliphatic rings. The summed E-state index contributed by atoms with van der Waals surface area (Å²) in [5.74, 6) is -1.18. The third-order valence-electron chi connectivity index (χ3n) is 5.14. The molecule has 170 valence electrons. The van der Waals surface area contributed by atoms with E-state index >= 15 is 0 Å². The van der Waals surface area contributed by atoms with Gasteiger partial charge in [0.1, 0.15) is 21.5 Å². The summed E-state index contributed by atoms with van der Waals surface area (Å²) in [6.45, 7) is 3.45. The van der Waals surface area contributed by atoms with Gasteiger partial charge >= 0.3 is 11.7 Å². The number of esters is 1. The Bertz CT molecular complexity index is 1620. The van der Waals surface area contributed by atoms with E-state index < -0.39 is 23.1 Å². The number of aromatic hydroxyl groups is 1. The van der Waals surface area contributed by atoms with Crippen LogP contribution in [0.1, 0.15) is 33.3 Å². The molecule has 0 saturated heterocycles. The highest BCUT2D eigenvalue weighted by molar-refractivity contribution is 7.18. The molecule has 2 heterocycles. The molecule has 0 aliphatic carbocycles. The summed E-state index contributed by atoms with van der Waals surface area (Å²) in [5.41, 5.74) is -0.995. The summed E-state index contributed by atoms with van der Waals surface area (Å²) in [5, 5.41) is 22.1. The predicted octanol–water partition coefficient (Wildman–Crippen LogP) is 3.55. The maximum atomic E-state index is 12.6. The van der Waals surface area contributed by atoms with E-state index in [-0.39, 0.29) is 27.6 Å². The van der Waals surface area contributed by atoms with E-state index in [0.29, 0.717) is 16.6 Å². The van der Waals surface area contributed by atoms with Crippen molar-refractivity contribution in [2.75, 3.05) is 6.61 Å². The molecule has 34 heavy (non-hydrogen) atoms. The number of aromatic amines is 1. The van der Waals surface area contributed by atoms with Gasteiger partial charge in [-0.1, -0.05) is 36.4 Å². The van der Waals surface area contributed by atoms with Crippen molar-refractivity contribution < 1.29 is 14.6 Å². The van der Waals surface area contributed by atoms with Gasteiger partial charge in [0.15, 0.2) is 0 Å². The number of H-pyrrole nitrogens is 1. The molecule has 0 unspecified atom stereocenters. The van der Waals surface area contributed by atoms with Crippen molar-refractivity contribution in [3.63, 3.8) is 0 Å². The number of hydrogen-bond donors (Lipinski definition) is 2. The Kier molecular flexibility index (Phi) is 6.12. The number of aromatic nitrogens is 2. The molecule has 0 bridgehead atoms. The summed E-state index contributed by atoms with van der Waals surface area (Å²) >= 11 is 0.938. The summed E-state index contributed by atoms with van der Waals surface area (Å²) in [6, 6.07) is 14.5. The van der Waals surface area contributed by atoms with Crippen molar-refractivity contribution in [1.29, 1.82) is 5.26 Å². The number of ether oxygens (including phenoxy) is 1. The van der Waals surface area contributed by atoms with Gasteiger partial charge in [-0.05, 0) is 30.9 Å². The Morgan fingerprint density at radius 3 is 2.74 bits per heavy atom. The lowest BCUT2D eigenvalue weighted by Crippen LogP contribution is -2.31. The molecule has 0 spiro atoms. The second-order valence-corrected chi connectivity index (χ2v) is 8.16. The summed E-state index contributed by atoms with van der Waals surface area (Å²) in [4.78, 5) is 43.9. The minimum Gasteiger partial charge on any atom is -0.493 e. The number of carbonyl (C=O) groups excluding carboxylic acids is 1. The van der Waals surface area contributed by atoms with Gasteiger partial charge in [-0.2, -0.15) is 5.26 Å². The average molecular weight is 474 g/mol. The second-order valence-electron chi connectivity index (χ2n) is 7.16. The van der Waals surface area contributed by atoms with Gasteiger partial charge < -0.3 is 9.84 Å². The van der Waals surface area contributed by atoms with Gasteiger partial charge in [0.25, 0.3) is 5.56 Å². The quantitative estimate of drug-likeness (QED) is 0.335. The van der Waals surface area contributed by atoms with Crippen LogP contribution in [-0.2, 0) is 4.74 Å². The van der Waals surface area contributed by atoms with Gasteiger partial charge in [0.2, 0.25) is 5.88 Å². The highest BCUT2D eigenvalue weighted by Gasteiger charge is 2.21. The molecule has 0 aliphatic heterocycles. The zero-order valence-electron chi connectivity index (χ0n) is 18.2. The molecule has 2 aromatic heterocycles. The van der Waals surface area contributed by atoms with Crippen LogP contribution in [0.2, 0.25) is 0 Å². The Hall–Kier alpha value is -4.49. The number of carbonyl (C=O) groups is 1. The number of nitriles is 1. The van der Waals surface area contributed by atoms with E-state index in [2.05, 4.69) is 9.98 Å². The molecule has 4 aromatic rings. The minimum absolute atomic E-state index is 0.155. The number of hydrogen-bond acceptors (Lipinski definition) is 8. The number of benzene rings is 2. The number of nitrogens with zero attached hydrogens (tertiary/aromatic N) is 3. The van der Waals surface area contributed by atoms with Crippen LogP contribution in [0.3, 0.4) is 0 Å². The molecule has 10 heteroatoms. The van der Waals surface area contributed by atoms with Gasteiger partial charge in [-0.15, -0.1) is 11.3 Å². The SMILES string of the molecule is CCOC(=O)c1sc(N=Cc2c(O)n(-c3cccc4ccccc34)c(=O)[nH]c2=O)c(C#N)c1C. The highest BCUT2D eigenvalue weighted by Crippen LogP contribution is 2.35. The van der Waals surface area contributed by atoms with Gasteiger partial charge in [-0.3, -0.25) is 9.78 Å². The molecular formula is C24H18N4O5S. The molecule has 0 radical (unpaired) electrons. The third kappa shape index (κ3) is 3.89. The maximum absolute atomic E-state index is 12.6. The van der Waals surface area contributed by atoms with Crippen molar-refractivity contribution in [3.8, 4) is 17.6 Å². The first kappa shape index (κ1) is 22.7. The molecule has 0 fully saturated rings. The molecule has 9 nitrogen and oxygen atoms in total. The van der Waals surface area contributed by atoms with Gasteiger partial charge in [0, 0.05) is 11.6 Å². The molecular weight excluding hydrogens is 456 g/mol. The lowest BCUT2D eigenvalue weighted by molar-refractivity contribution is 0.0531. The fourth-order valence-electron chi connectivity index (χ4n) is 3.52. The topological polar surface area (TPSA) is 138 Å². The number of fused-ring (bicyclic) bond motifs is 1. The molecule has 0 saturated carbocycles. The zero-order chi connectivity index (χ0) is 24.4. The van der Waals surface area contributed by atoms with Crippen molar-refractivity contribution in [3.05, 3.63) is 84.9 Å². The van der Waals surface area contributed by atoms with Crippen LogP contribution in [0.25, 0.3) is 16.5 Å². The molecule has 2 N–H and O–H groups in total. The van der Waals surface area contributed by atoms with E-state index in [1.165, 1.54) is 0 Å². The molecule has 0 amide bonds. The smallest absolute Gasteiger partial charge is 0.348 e. The predicted molar refractivity (Wildman–Crippen MR) is 129 cm³/mol. The number of nitrogens with one attached hydrogen (secondary N) is 1. The highest BCUT2D eigenvalue weighted by atomic mass is 32.1. The lowest BCUT2D eigenvalue weighted by Gasteiger charge is -2.12. The largest absolute Gasteiger partial charge is 0.493 e. The fraction of sp³-hybridized carbons (Fsp3) is 0.125. The zero-order valence-corrected chi connectivity index (χ0v) is 19.0. The number of thiophene rings is 1. The summed E-state index contributed by atoms with van der Waals surface area (Å²) in [7, 11) is 0.